The molecule has 0 spiro atoms. The second-order valence-corrected chi connectivity index (χ2v) is 7.72. The van der Waals surface area contributed by atoms with E-state index in [-0.39, 0.29) is 23.2 Å². The van der Waals surface area contributed by atoms with Crippen molar-refractivity contribution in [3.63, 3.8) is 0 Å². The molecule has 1 aromatic rings. The van der Waals surface area contributed by atoms with Crippen LogP contribution in [-0.2, 0) is 4.74 Å². The molecule has 0 radical (unpaired) electrons. The van der Waals surface area contributed by atoms with Gasteiger partial charge in [-0.2, -0.15) is 0 Å². The molecule has 4 nitrogen and oxygen atoms in total. The van der Waals surface area contributed by atoms with Gasteiger partial charge in [0.25, 0.3) is 0 Å². The van der Waals surface area contributed by atoms with Gasteiger partial charge in [-0.05, 0) is 46.2 Å². The molecule has 0 bridgehead atoms. The molecule has 1 aliphatic rings. The molecule has 0 amide bonds. The van der Waals surface area contributed by atoms with Gasteiger partial charge >= 0.3 is 0 Å². The monoisotopic (exact) mass is 356 g/mol. The van der Waals surface area contributed by atoms with Crippen LogP contribution in [0.4, 0.5) is 0 Å². The number of hydrazine groups is 1. The van der Waals surface area contributed by atoms with Crippen LogP contribution >= 0.6 is 15.9 Å². The van der Waals surface area contributed by atoms with Gasteiger partial charge in [0.1, 0.15) is 5.75 Å². The minimum Gasteiger partial charge on any atom is -0.496 e. The molecule has 1 heterocycles. The fourth-order valence-electron chi connectivity index (χ4n) is 3.49. The van der Waals surface area contributed by atoms with E-state index >= 15 is 0 Å². The first-order chi connectivity index (χ1) is 9.70. The molecular weight excluding hydrogens is 332 g/mol. The van der Waals surface area contributed by atoms with Crippen LogP contribution in [0.3, 0.4) is 0 Å². The number of ether oxygens (including phenoxy) is 2. The third kappa shape index (κ3) is 3.42. The summed E-state index contributed by atoms with van der Waals surface area (Å²) >= 11 is 3.48. The van der Waals surface area contributed by atoms with E-state index in [0.717, 1.165) is 22.2 Å². The number of halogens is 1. The lowest BCUT2D eigenvalue weighted by molar-refractivity contribution is -0.0779. The van der Waals surface area contributed by atoms with E-state index in [4.69, 9.17) is 15.3 Å². The fourth-order valence-corrected chi connectivity index (χ4v) is 3.83. The van der Waals surface area contributed by atoms with Crippen molar-refractivity contribution in [2.24, 2.45) is 11.8 Å². The van der Waals surface area contributed by atoms with Gasteiger partial charge in [0.05, 0.1) is 24.4 Å². The molecule has 3 N–H and O–H groups in total. The summed E-state index contributed by atoms with van der Waals surface area (Å²) in [5, 5.41) is 0. The highest BCUT2D eigenvalue weighted by Gasteiger charge is 2.49. The van der Waals surface area contributed by atoms with Gasteiger partial charge in [-0.1, -0.05) is 22.0 Å². The smallest absolute Gasteiger partial charge is 0.124 e. The van der Waals surface area contributed by atoms with Gasteiger partial charge in [-0.3, -0.25) is 11.3 Å². The van der Waals surface area contributed by atoms with E-state index in [0.29, 0.717) is 0 Å². The van der Waals surface area contributed by atoms with E-state index in [1.54, 1.807) is 7.11 Å². The van der Waals surface area contributed by atoms with Crippen LogP contribution in [0.5, 0.6) is 5.75 Å². The van der Waals surface area contributed by atoms with Crippen molar-refractivity contribution in [3.05, 3.63) is 28.2 Å². The molecule has 0 aromatic heterocycles. The van der Waals surface area contributed by atoms with Crippen molar-refractivity contribution in [3.8, 4) is 5.75 Å². The molecule has 0 aliphatic carbocycles. The number of nitrogens with two attached hydrogens (primary N) is 1. The molecule has 2 unspecified atom stereocenters. The SMILES string of the molecule is COc1cc(Br)ccc1C(NN)C1CC(C)(C)OC1(C)C. The Kier molecular flexibility index (Phi) is 4.69. The fraction of sp³-hybridized carbons (Fsp3) is 0.625. The molecule has 118 valence electrons. The Bertz CT molecular complexity index is 517. The number of rotatable bonds is 4. The lowest BCUT2D eigenvalue weighted by Crippen LogP contribution is -2.41. The van der Waals surface area contributed by atoms with E-state index in [1.165, 1.54) is 0 Å². The van der Waals surface area contributed by atoms with Crippen LogP contribution in [0.25, 0.3) is 0 Å². The van der Waals surface area contributed by atoms with Crippen molar-refractivity contribution in [1.29, 1.82) is 0 Å². The van der Waals surface area contributed by atoms with Crippen molar-refractivity contribution >= 4 is 15.9 Å². The van der Waals surface area contributed by atoms with Gasteiger partial charge < -0.3 is 9.47 Å². The van der Waals surface area contributed by atoms with Crippen molar-refractivity contribution in [2.75, 3.05) is 7.11 Å². The molecule has 2 atom stereocenters. The van der Waals surface area contributed by atoms with Crippen LogP contribution < -0.4 is 16.0 Å². The largest absolute Gasteiger partial charge is 0.496 e. The average Bonchev–Trinajstić information content (AvgIpc) is 2.60. The molecule has 21 heavy (non-hydrogen) atoms. The quantitative estimate of drug-likeness (QED) is 0.639. The molecular formula is C16H25BrN2O2. The second kappa shape index (κ2) is 5.88. The lowest BCUT2D eigenvalue weighted by Gasteiger charge is -2.33. The first kappa shape index (κ1) is 16.7. The predicted molar refractivity (Wildman–Crippen MR) is 88.1 cm³/mol. The van der Waals surface area contributed by atoms with Crippen LogP contribution in [0.1, 0.15) is 45.7 Å². The summed E-state index contributed by atoms with van der Waals surface area (Å²) in [4.78, 5) is 0. The highest BCUT2D eigenvalue weighted by atomic mass is 79.9. The zero-order valence-electron chi connectivity index (χ0n) is 13.4. The van der Waals surface area contributed by atoms with E-state index in [9.17, 15) is 0 Å². The first-order valence-corrected chi connectivity index (χ1v) is 7.99. The first-order valence-electron chi connectivity index (χ1n) is 7.20. The number of nitrogens with one attached hydrogen (secondary N) is 1. The van der Waals surface area contributed by atoms with Gasteiger partial charge in [-0.15, -0.1) is 0 Å². The van der Waals surface area contributed by atoms with Gasteiger partial charge in [0.15, 0.2) is 0 Å². The summed E-state index contributed by atoms with van der Waals surface area (Å²) in [7, 11) is 1.68. The van der Waals surface area contributed by atoms with E-state index in [2.05, 4.69) is 55.1 Å². The zero-order valence-corrected chi connectivity index (χ0v) is 15.0. The molecule has 5 heteroatoms. The van der Waals surface area contributed by atoms with Crippen molar-refractivity contribution in [2.45, 2.75) is 51.4 Å². The number of hydrogen-bond acceptors (Lipinski definition) is 4. The zero-order chi connectivity index (χ0) is 15.8. The maximum atomic E-state index is 6.20. The summed E-state index contributed by atoms with van der Waals surface area (Å²) in [5.74, 6) is 6.97. The van der Waals surface area contributed by atoms with Crippen molar-refractivity contribution in [1.82, 2.24) is 5.43 Å². The summed E-state index contributed by atoms with van der Waals surface area (Å²) in [6.45, 7) is 8.51. The Labute approximate surface area is 135 Å². The Morgan fingerprint density at radius 2 is 2.05 bits per heavy atom. The summed E-state index contributed by atoms with van der Waals surface area (Å²) in [6, 6.07) is 6.00. The normalized spacial score (nSPS) is 24.8. The third-order valence-corrected chi connectivity index (χ3v) is 4.75. The Morgan fingerprint density at radius 1 is 1.38 bits per heavy atom. The third-order valence-electron chi connectivity index (χ3n) is 4.26. The number of hydrogen-bond donors (Lipinski definition) is 2. The van der Waals surface area contributed by atoms with Crippen LogP contribution in [0.15, 0.2) is 22.7 Å². The Morgan fingerprint density at radius 3 is 2.52 bits per heavy atom. The molecule has 0 saturated carbocycles. The summed E-state index contributed by atoms with van der Waals surface area (Å²) < 4.78 is 12.7. The maximum absolute atomic E-state index is 6.20. The molecule has 1 aromatic carbocycles. The Hall–Kier alpha value is -0.620. The number of methoxy groups -OCH3 is 1. The summed E-state index contributed by atoms with van der Waals surface area (Å²) in [6.07, 6.45) is 0.939. The highest BCUT2D eigenvalue weighted by molar-refractivity contribution is 9.10. The standard InChI is InChI=1S/C16H25BrN2O2/c1-15(2)9-12(16(3,4)21-15)14(19-18)11-7-6-10(17)8-13(11)20-5/h6-8,12,14,19H,9,18H2,1-5H3. The van der Waals surface area contributed by atoms with Crippen LogP contribution in [0.2, 0.25) is 0 Å². The predicted octanol–water partition coefficient (Wildman–Crippen LogP) is 3.56. The Balaban J connectivity index is 2.41. The maximum Gasteiger partial charge on any atom is 0.124 e. The topological polar surface area (TPSA) is 56.5 Å². The highest BCUT2D eigenvalue weighted by Crippen LogP contribution is 2.48. The van der Waals surface area contributed by atoms with Gasteiger partial charge in [0.2, 0.25) is 0 Å². The number of benzene rings is 1. The van der Waals surface area contributed by atoms with E-state index in [1.807, 2.05) is 12.1 Å². The van der Waals surface area contributed by atoms with Gasteiger partial charge in [-0.25, -0.2) is 0 Å². The minimum atomic E-state index is -0.251. The van der Waals surface area contributed by atoms with Gasteiger partial charge in [0, 0.05) is 16.0 Å². The summed E-state index contributed by atoms with van der Waals surface area (Å²) in [5.41, 5.74) is 3.63. The van der Waals surface area contributed by atoms with E-state index < -0.39 is 0 Å². The minimum absolute atomic E-state index is 0.0233. The molecule has 1 saturated heterocycles. The van der Waals surface area contributed by atoms with Crippen molar-refractivity contribution < 1.29 is 9.47 Å². The molecule has 1 fully saturated rings. The molecule has 2 rings (SSSR count). The average molecular weight is 357 g/mol. The van der Waals surface area contributed by atoms with Crippen LogP contribution in [0, 0.1) is 5.92 Å². The molecule has 1 aliphatic heterocycles. The second-order valence-electron chi connectivity index (χ2n) is 6.81. The lowest BCUT2D eigenvalue weighted by atomic mass is 9.79. The van der Waals surface area contributed by atoms with Crippen LogP contribution in [-0.4, -0.2) is 18.3 Å².